The van der Waals surface area contributed by atoms with Crippen LogP contribution in [-0.2, 0) is 19.5 Å². The second kappa shape index (κ2) is 9.70. The molecular weight excluding hydrogens is 411 g/mol. The van der Waals surface area contributed by atoms with Gasteiger partial charge in [-0.25, -0.2) is 0 Å². The van der Waals surface area contributed by atoms with Gasteiger partial charge in [0.05, 0.1) is 6.54 Å². The van der Waals surface area contributed by atoms with Crippen molar-refractivity contribution in [3.05, 3.63) is 106 Å². The molecule has 0 saturated heterocycles. The molecule has 1 atom stereocenters. The zero-order valence-corrected chi connectivity index (χ0v) is 18.6. The number of hydrogen-bond donors (Lipinski definition) is 1. The van der Waals surface area contributed by atoms with Crippen LogP contribution in [0.5, 0.6) is 0 Å². The second-order valence-electron chi connectivity index (χ2n) is 7.81. The molecule has 1 N–H and O–H groups in total. The molecule has 1 aromatic heterocycles. The highest BCUT2D eigenvalue weighted by atomic mass is 35.5. The summed E-state index contributed by atoms with van der Waals surface area (Å²) in [5, 5.41) is 6.37. The summed E-state index contributed by atoms with van der Waals surface area (Å²) in [5.74, 6) is 0. The minimum absolute atomic E-state index is 0.435. The number of aromatic nitrogens is 1. The van der Waals surface area contributed by atoms with Crippen LogP contribution in [0.15, 0.2) is 79.0 Å². The van der Waals surface area contributed by atoms with Crippen LogP contribution in [0.25, 0.3) is 10.9 Å². The number of fused-ring (bicyclic) bond motifs is 1. The number of benzene rings is 3. The molecule has 3 aromatic carbocycles. The molecule has 4 heteroatoms. The molecule has 0 saturated carbocycles. The second-order valence-corrected chi connectivity index (χ2v) is 8.62. The Morgan fingerprint density at radius 1 is 0.867 bits per heavy atom. The predicted molar refractivity (Wildman–Crippen MR) is 129 cm³/mol. The number of hydrogen-bond acceptors (Lipinski definition) is 1. The summed E-state index contributed by atoms with van der Waals surface area (Å²) in [6, 6.07) is 25.3. The number of nitrogens with one attached hydrogen (secondary N) is 1. The monoisotopic (exact) mass is 436 g/mol. The average Bonchev–Trinajstić information content (AvgIpc) is 3.12. The molecule has 4 rings (SSSR count). The van der Waals surface area contributed by atoms with E-state index in [1.807, 2.05) is 18.2 Å². The first-order chi connectivity index (χ1) is 14.6. The highest BCUT2D eigenvalue weighted by molar-refractivity contribution is 6.36. The Hall–Kier alpha value is -2.26. The van der Waals surface area contributed by atoms with E-state index in [4.69, 9.17) is 23.2 Å². The van der Waals surface area contributed by atoms with Gasteiger partial charge in [0, 0.05) is 45.3 Å². The molecular formula is C26H26Cl2N2. The normalized spacial score (nSPS) is 12.4. The Balaban J connectivity index is 1.48. The molecule has 0 aliphatic rings. The van der Waals surface area contributed by atoms with Crippen molar-refractivity contribution in [2.75, 3.05) is 0 Å². The molecule has 1 heterocycles. The molecule has 0 bridgehead atoms. The van der Waals surface area contributed by atoms with E-state index in [1.54, 1.807) is 0 Å². The molecule has 30 heavy (non-hydrogen) atoms. The lowest BCUT2D eigenvalue weighted by Gasteiger charge is -2.13. The van der Waals surface area contributed by atoms with Gasteiger partial charge in [-0.3, -0.25) is 0 Å². The molecule has 154 valence electrons. The Bertz CT molecular complexity index is 1100. The molecule has 0 spiro atoms. The SMILES string of the molecule is C[C@@H](CCc1ccccc1)NCc1cn(Cc2c(Cl)cccc2Cl)c2ccccc12. The van der Waals surface area contributed by atoms with Gasteiger partial charge in [-0.05, 0) is 49.1 Å². The van der Waals surface area contributed by atoms with Crippen molar-refractivity contribution >= 4 is 34.1 Å². The van der Waals surface area contributed by atoms with Gasteiger partial charge in [0.2, 0.25) is 0 Å². The van der Waals surface area contributed by atoms with E-state index in [0.29, 0.717) is 22.6 Å². The summed E-state index contributed by atoms with van der Waals surface area (Å²) < 4.78 is 2.24. The fourth-order valence-electron chi connectivity index (χ4n) is 3.86. The Morgan fingerprint density at radius 2 is 1.57 bits per heavy atom. The van der Waals surface area contributed by atoms with E-state index in [0.717, 1.165) is 24.9 Å². The summed E-state index contributed by atoms with van der Waals surface area (Å²) in [7, 11) is 0. The minimum Gasteiger partial charge on any atom is -0.343 e. The maximum Gasteiger partial charge on any atom is 0.0505 e. The van der Waals surface area contributed by atoms with Crippen molar-refractivity contribution < 1.29 is 0 Å². The van der Waals surface area contributed by atoms with Crippen LogP contribution in [0.1, 0.15) is 30.0 Å². The number of aryl methyl sites for hydroxylation is 1. The van der Waals surface area contributed by atoms with Crippen LogP contribution < -0.4 is 5.32 Å². The minimum atomic E-state index is 0.435. The van der Waals surface area contributed by atoms with E-state index in [1.165, 1.54) is 22.0 Å². The van der Waals surface area contributed by atoms with E-state index >= 15 is 0 Å². The van der Waals surface area contributed by atoms with Gasteiger partial charge in [-0.15, -0.1) is 0 Å². The van der Waals surface area contributed by atoms with Gasteiger partial charge in [0.15, 0.2) is 0 Å². The van der Waals surface area contributed by atoms with Crippen LogP contribution in [0, 0.1) is 0 Å². The predicted octanol–water partition coefficient (Wildman–Crippen LogP) is 7.11. The third-order valence-corrected chi connectivity index (χ3v) is 6.32. The fourth-order valence-corrected chi connectivity index (χ4v) is 4.38. The third kappa shape index (κ3) is 4.89. The number of rotatable bonds is 8. The van der Waals surface area contributed by atoms with E-state index in [2.05, 4.69) is 77.6 Å². The van der Waals surface area contributed by atoms with Gasteiger partial charge in [-0.1, -0.05) is 77.8 Å². The molecule has 0 radical (unpaired) electrons. The lowest BCUT2D eigenvalue weighted by Crippen LogP contribution is -2.25. The van der Waals surface area contributed by atoms with Gasteiger partial charge >= 0.3 is 0 Å². The van der Waals surface area contributed by atoms with Gasteiger partial charge in [0.25, 0.3) is 0 Å². The van der Waals surface area contributed by atoms with Crippen LogP contribution in [-0.4, -0.2) is 10.6 Å². The molecule has 0 fully saturated rings. The first-order valence-corrected chi connectivity index (χ1v) is 11.1. The fraction of sp³-hybridized carbons (Fsp3) is 0.231. The summed E-state index contributed by atoms with van der Waals surface area (Å²) in [6.07, 6.45) is 4.42. The van der Waals surface area contributed by atoms with E-state index in [-0.39, 0.29) is 0 Å². The highest BCUT2D eigenvalue weighted by Gasteiger charge is 2.12. The standard InChI is InChI=1S/C26H26Cl2N2/c1-19(14-15-20-8-3-2-4-9-20)29-16-21-17-30(26-13-6-5-10-22(21)26)18-23-24(27)11-7-12-25(23)28/h2-13,17,19,29H,14-16,18H2,1H3/t19-/m0/s1. The smallest absolute Gasteiger partial charge is 0.0505 e. The number of halogens is 2. The van der Waals surface area contributed by atoms with Crippen molar-refractivity contribution in [3.8, 4) is 0 Å². The average molecular weight is 437 g/mol. The zero-order valence-electron chi connectivity index (χ0n) is 17.1. The lowest BCUT2D eigenvalue weighted by molar-refractivity contribution is 0.514. The van der Waals surface area contributed by atoms with Crippen molar-refractivity contribution in [1.82, 2.24) is 9.88 Å². The Labute approximate surface area is 188 Å². The van der Waals surface area contributed by atoms with Gasteiger partial charge in [-0.2, -0.15) is 0 Å². The first kappa shape index (κ1) is 21.0. The van der Waals surface area contributed by atoms with Gasteiger partial charge < -0.3 is 9.88 Å². The van der Waals surface area contributed by atoms with Crippen molar-refractivity contribution in [1.29, 1.82) is 0 Å². The molecule has 0 unspecified atom stereocenters. The maximum atomic E-state index is 6.42. The summed E-state index contributed by atoms with van der Waals surface area (Å²) in [5.41, 5.74) is 4.83. The molecule has 2 nitrogen and oxygen atoms in total. The van der Waals surface area contributed by atoms with E-state index in [9.17, 15) is 0 Å². The largest absolute Gasteiger partial charge is 0.343 e. The topological polar surface area (TPSA) is 17.0 Å². The lowest BCUT2D eigenvalue weighted by atomic mass is 10.1. The van der Waals surface area contributed by atoms with Crippen molar-refractivity contribution in [2.45, 2.75) is 38.9 Å². The maximum absolute atomic E-state index is 6.42. The summed E-state index contributed by atoms with van der Waals surface area (Å²) in [4.78, 5) is 0. The molecule has 0 aliphatic heterocycles. The molecule has 0 aliphatic carbocycles. The third-order valence-electron chi connectivity index (χ3n) is 5.61. The van der Waals surface area contributed by atoms with Gasteiger partial charge in [0.1, 0.15) is 0 Å². The van der Waals surface area contributed by atoms with Crippen LogP contribution >= 0.6 is 23.2 Å². The quantitative estimate of drug-likeness (QED) is 0.311. The highest BCUT2D eigenvalue weighted by Crippen LogP contribution is 2.28. The molecule has 0 amide bonds. The molecule has 4 aromatic rings. The Morgan fingerprint density at radius 3 is 2.33 bits per heavy atom. The number of para-hydroxylation sites is 1. The zero-order chi connectivity index (χ0) is 20.9. The van der Waals surface area contributed by atoms with E-state index < -0.39 is 0 Å². The van der Waals surface area contributed by atoms with Crippen molar-refractivity contribution in [2.24, 2.45) is 0 Å². The van der Waals surface area contributed by atoms with Crippen LogP contribution in [0.2, 0.25) is 10.0 Å². The first-order valence-electron chi connectivity index (χ1n) is 10.4. The summed E-state index contributed by atoms with van der Waals surface area (Å²) >= 11 is 12.8. The van der Waals surface area contributed by atoms with Crippen LogP contribution in [0.3, 0.4) is 0 Å². The summed E-state index contributed by atoms with van der Waals surface area (Å²) in [6.45, 7) is 3.74. The number of nitrogens with zero attached hydrogens (tertiary/aromatic N) is 1. The Kier molecular flexibility index (Phi) is 6.79. The van der Waals surface area contributed by atoms with Crippen molar-refractivity contribution in [3.63, 3.8) is 0 Å². The van der Waals surface area contributed by atoms with Crippen LogP contribution in [0.4, 0.5) is 0 Å².